The summed E-state index contributed by atoms with van der Waals surface area (Å²) in [7, 11) is 0. The Kier molecular flexibility index (Phi) is 6.25. The van der Waals surface area contributed by atoms with Gasteiger partial charge in [-0.15, -0.1) is 5.10 Å². The number of hydrazone groups is 1. The number of anilines is 1. The summed E-state index contributed by atoms with van der Waals surface area (Å²) in [6, 6.07) is 17.3. The van der Waals surface area contributed by atoms with Crippen molar-refractivity contribution < 1.29 is 9.42 Å². The summed E-state index contributed by atoms with van der Waals surface area (Å²) in [6.45, 7) is 6.19. The second kappa shape index (κ2) is 9.43. The molecule has 0 aliphatic carbocycles. The predicted molar refractivity (Wildman–Crippen MR) is 124 cm³/mol. The van der Waals surface area contributed by atoms with Gasteiger partial charge in [-0.2, -0.15) is 9.78 Å². The van der Waals surface area contributed by atoms with Crippen LogP contribution in [0.5, 0.6) is 0 Å². The monoisotopic (exact) mass is 444 g/mol. The predicted octanol–water partition coefficient (Wildman–Crippen LogP) is 3.25. The van der Waals surface area contributed by atoms with Gasteiger partial charge in [-0.25, -0.2) is 10.1 Å². The molecule has 2 aromatic carbocycles. The lowest BCUT2D eigenvalue weighted by Gasteiger charge is -2.08. The van der Waals surface area contributed by atoms with E-state index in [4.69, 9.17) is 5.73 Å². The van der Waals surface area contributed by atoms with Crippen molar-refractivity contribution in [1.82, 2.24) is 30.7 Å². The molecule has 4 aromatic rings. The second-order valence-corrected chi connectivity index (χ2v) is 7.97. The van der Waals surface area contributed by atoms with Crippen LogP contribution in [-0.4, -0.2) is 36.9 Å². The third-order valence-electron chi connectivity index (χ3n) is 4.97. The van der Waals surface area contributed by atoms with Crippen LogP contribution >= 0.6 is 0 Å². The molecule has 0 atom stereocenters. The molecule has 2 heterocycles. The Morgan fingerprint density at radius 3 is 2.48 bits per heavy atom. The Hall–Kier alpha value is -4.34. The SMILES string of the molecule is C/C(=N/NC(=O)c1c(-c2ccccc2)nnn1-c1nonc1N)c1ccc(CC(C)C)cc1. The largest absolute Gasteiger partial charge is 0.378 e. The fraction of sp³-hybridized carbons (Fsp3) is 0.217. The number of carbonyl (C=O) groups excluding carboxylic acids is 1. The van der Waals surface area contributed by atoms with Gasteiger partial charge in [0.2, 0.25) is 11.6 Å². The summed E-state index contributed by atoms with van der Waals surface area (Å²) in [5, 5.41) is 19.8. The van der Waals surface area contributed by atoms with Crippen LogP contribution in [0.15, 0.2) is 64.3 Å². The van der Waals surface area contributed by atoms with E-state index in [-0.39, 0.29) is 17.3 Å². The number of nitrogens with zero attached hydrogens (tertiary/aromatic N) is 6. The van der Waals surface area contributed by atoms with Gasteiger partial charge >= 0.3 is 0 Å². The van der Waals surface area contributed by atoms with Gasteiger partial charge in [0, 0.05) is 5.56 Å². The molecule has 168 valence electrons. The maximum absolute atomic E-state index is 13.2. The maximum Gasteiger partial charge on any atom is 0.292 e. The lowest BCUT2D eigenvalue weighted by molar-refractivity contribution is 0.0947. The van der Waals surface area contributed by atoms with Crippen LogP contribution in [0.25, 0.3) is 17.1 Å². The second-order valence-electron chi connectivity index (χ2n) is 7.97. The Labute approximate surface area is 190 Å². The van der Waals surface area contributed by atoms with E-state index in [9.17, 15) is 4.79 Å². The number of hydrogen-bond acceptors (Lipinski definition) is 8. The van der Waals surface area contributed by atoms with Crippen LogP contribution in [0.3, 0.4) is 0 Å². The standard InChI is InChI=1S/C23H24N8O2/c1-14(2)13-16-9-11-17(12-10-16)15(3)25-27-23(32)20-19(18-7-5-4-6-8-18)26-30-31(20)22-21(24)28-33-29-22/h4-12,14H,13H2,1-3H3,(H2,24,28)(H,27,32)/b25-15-. The highest BCUT2D eigenvalue weighted by Gasteiger charge is 2.26. The van der Waals surface area contributed by atoms with E-state index in [0.29, 0.717) is 22.9 Å². The molecular formula is C23H24N8O2. The smallest absolute Gasteiger partial charge is 0.292 e. The van der Waals surface area contributed by atoms with Crippen LogP contribution in [-0.2, 0) is 6.42 Å². The molecule has 0 radical (unpaired) electrons. The molecule has 1 amide bonds. The third-order valence-corrected chi connectivity index (χ3v) is 4.97. The van der Waals surface area contributed by atoms with E-state index in [0.717, 1.165) is 12.0 Å². The number of aromatic nitrogens is 5. The summed E-state index contributed by atoms with van der Waals surface area (Å²) in [5.41, 5.74) is 12.4. The van der Waals surface area contributed by atoms with E-state index >= 15 is 0 Å². The zero-order valence-electron chi connectivity index (χ0n) is 18.6. The van der Waals surface area contributed by atoms with Gasteiger partial charge in [0.05, 0.1) is 5.71 Å². The molecule has 0 saturated carbocycles. The van der Waals surface area contributed by atoms with Gasteiger partial charge in [-0.3, -0.25) is 4.79 Å². The fourth-order valence-electron chi connectivity index (χ4n) is 3.37. The third kappa shape index (κ3) is 4.79. The minimum absolute atomic E-state index is 0.0188. The average Bonchev–Trinajstić information content (AvgIpc) is 3.44. The molecule has 0 aliphatic rings. The van der Waals surface area contributed by atoms with Crippen LogP contribution in [0.2, 0.25) is 0 Å². The Bertz CT molecular complexity index is 1270. The van der Waals surface area contributed by atoms with Crippen molar-refractivity contribution in [3.05, 3.63) is 71.4 Å². The molecule has 0 fully saturated rings. The van der Waals surface area contributed by atoms with Crippen LogP contribution < -0.4 is 11.2 Å². The summed E-state index contributed by atoms with van der Waals surface area (Å²) >= 11 is 0. The molecule has 2 aromatic heterocycles. The highest BCUT2D eigenvalue weighted by atomic mass is 16.6. The number of amides is 1. The molecule has 0 aliphatic heterocycles. The zero-order chi connectivity index (χ0) is 23.4. The molecule has 33 heavy (non-hydrogen) atoms. The topological polar surface area (TPSA) is 137 Å². The van der Waals surface area contributed by atoms with Crippen molar-refractivity contribution in [3.8, 4) is 17.1 Å². The van der Waals surface area contributed by atoms with Crippen LogP contribution in [0.4, 0.5) is 5.82 Å². The molecule has 10 heteroatoms. The molecule has 0 unspecified atom stereocenters. The van der Waals surface area contributed by atoms with Crippen LogP contribution in [0, 0.1) is 5.92 Å². The molecule has 10 nitrogen and oxygen atoms in total. The van der Waals surface area contributed by atoms with Crippen molar-refractivity contribution >= 4 is 17.4 Å². The van der Waals surface area contributed by atoms with Gasteiger partial charge in [0.1, 0.15) is 5.69 Å². The number of nitrogens with two attached hydrogens (primary N) is 1. The van der Waals surface area contributed by atoms with Crippen molar-refractivity contribution in [2.75, 3.05) is 5.73 Å². The quantitative estimate of drug-likeness (QED) is 0.330. The maximum atomic E-state index is 13.2. The average molecular weight is 444 g/mol. The first kappa shape index (κ1) is 21.9. The number of carbonyl (C=O) groups is 1. The minimum atomic E-state index is -0.531. The van der Waals surface area contributed by atoms with Crippen molar-refractivity contribution in [2.24, 2.45) is 11.0 Å². The van der Waals surface area contributed by atoms with E-state index in [1.807, 2.05) is 49.4 Å². The van der Waals surface area contributed by atoms with E-state index in [1.165, 1.54) is 10.2 Å². The Balaban J connectivity index is 1.63. The molecule has 3 N–H and O–H groups in total. The molecule has 0 spiro atoms. The normalized spacial score (nSPS) is 11.7. The van der Waals surface area contributed by atoms with E-state index < -0.39 is 5.91 Å². The summed E-state index contributed by atoms with van der Waals surface area (Å²) < 4.78 is 5.86. The molecule has 0 saturated heterocycles. The highest BCUT2D eigenvalue weighted by Crippen LogP contribution is 2.24. The van der Waals surface area contributed by atoms with E-state index in [2.05, 4.69) is 61.8 Å². The lowest BCUT2D eigenvalue weighted by atomic mass is 10.0. The van der Waals surface area contributed by atoms with Crippen molar-refractivity contribution in [1.29, 1.82) is 0 Å². The van der Waals surface area contributed by atoms with Gasteiger partial charge in [-0.1, -0.05) is 73.7 Å². The number of rotatable bonds is 7. The number of nitrogen functional groups attached to an aromatic ring is 1. The first-order chi connectivity index (χ1) is 15.9. The van der Waals surface area contributed by atoms with Crippen molar-refractivity contribution in [2.45, 2.75) is 27.2 Å². The number of nitrogens with one attached hydrogen (secondary N) is 1. The number of hydrogen-bond donors (Lipinski definition) is 2. The van der Waals surface area contributed by atoms with Gasteiger partial charge < -0.3 is 5.73 Å². The van der Waals surface area contributed by atoms with Gasteiger partial charge in [0.25, 0.3) is 5.91 Å². The summed E-state index contributed by atoms with van der Waals surface area (Å²) in [5.74, 6) is 0.0964. The Morgan fingerprint density at radius 2 is 1.85 bits per heavy atom. The van der Waals surface area contributed by atoms with Crippen LogP contribution in [0.1, 0.15) is 42.4 Å². The molecular weight excluding hydrogens is 420 g/mol. The fourth-order valence-corrected chi connectivity index (χ4v) is 3.37. The van der Waals surface area contributed by atoms with Crippen molar-refractivity contribution in [3.63, 3.8) is 0 Å². The lowest BCUT2D eigenvalue weighted by Crippen LogP contribution is -2.23. The van der Waals surface area contributed by atoms with E-state index in [1.54, 1.807) is 0 Å². The molecule has 4 rings (SSSR count). The zero-order valence-corrected chi connectivity index (χ0v) is 18.6. The summed E-state index contributed by atoms with van der Waals surface area (Å²) in [4.78, 5) is 13.2. The first-order valence-electron chi connectivity index (χ1n) is 10.5. The highest BCUT2D eigenvalue weighted by molar-refractivity contribution is 6.02. The van der Waals surface area contributed by atoms with Gasteiger partial charge in [-0.05, 0) is 40.7 Å². The summed E-state index contributed by atoms with van der Waals surface area (Å²) in [6.07, 6.45) is 1.01. The first-order valence-corrected chi connectivity index (χ1v) is 10.5. The Morgan fingerprint density at radius 1 is 1.12 bits per heavy atom. The minimum Gasteiger partial charge on any atom is -0.378 e. The molecule has 0 bridgehead atoms. The van der Waals surface area contributed by atoms with Gasteiger partial charge in [0.15, 0.2) is 5.69 Å². The number of benzene rings is 2.